The third-order valence-electron chi connectivity index (χ3n) is 3.42. The number of benzene rings is 1. The van der Waals surface area contributed by atoms with Crippen LogP contribution in [-0.4, -0.2) is 37.8 Å². The van der Waals surface area contributed by atoms with Crippen molar-refractivity contribution in [2.24, 2.45) is 0 Å². The van der Waals surface area contributed by atoms with Crippen LogP contribution < -0.4 is 4.74 Å². The van der Waals surface area contributed by atoms with Gasteiger partial charge >= 0.3 is 0 Å². The first-order chi connectivity index (χ1) is 8.74. The van der Waals surface area contributed by atoms with Gasteiger partial charge in [-0.25, -0.2) is 0 Å². The molecule has 1 aromatic rings. The van der Waals surface area contributed by atoms with Crippen molar-refractivity contribution in [1.29, 1.82) is 0 Å². The molecule has 4 heteroatoms. The summed E-state index contributed by atoms with van der Waals surface area (Å²) in [4.78, 5) is 2.50. The van der Waals surface area contributed by atoms with E-state index in [1.807, 2.05) is 6.07 Å². The summed E-state index contributed by atoms with van der Waals surface area (Å²) in [7, 11) is 1.69. The molecule has 1 aliphatic rings. The highest BCUT2D eigenvalue weighted by Gasteiger charge is 2.21. The highest BCUT2D eigenvalue weighted by atomic mass is 79.9. The zero-order chi connectivity index (χ0) is 13.0. The highest BCUT2D eigenvalue weighted by Crippen LogP contribution is 2.26. The number of ether oxygens (including phenoxy) is 2. The van der Waals surface area contributed by atoms with Crippen LogP contribution in [0.4, 0.5) is 0 Å². The Hall–Kier alpha value is -0.580. The molecule has 1 unspecified atom stereocenters. The first-order valence-electron chi connectivity index (χ1n) is 6.38. The van der Waals surface area contributed by atoms with E-state index in [2.05, 4.69) is 39.9 Å². The number of methoxy groups -OCH3 is 1. The van der Waals surface area contributed by atoms with Crippen molar-refractivity contribution in [3.63, 3.8) is 0 Å². The van der Waals surface area contributed by atoms with Crippen molar-refractivity contribution in [2.45, 2.75) is 25.9 Å². The van der Waals surface area contributed by atoms with Crippen LogP contribution >= 0.6 is 15.9 Å². The first kappa shape index (κ1) is 13.8. The molecular weight excluding hydrogens is 294 g/mol. The van der Waals surface area contributed by atoms with Crippen LogP contribution in [0.3, 0.4) is 0 Å². The van der Waals surface area contributed by atoms with Gasteiger partial charge in [0.05, 0.1) is 24.8 Å². The Labute approximate surface area is 117 Å². The fourth-order valence-corrected chi connectivity index (χ4v) is 2.90. The lowest BCUT2D eigenvalue weighted by atomic mass is 10.1. The van der Waals surface area contributed by atoms with Gasteiger partial charge < -0.3 is 9.47 Å². The molecule has 0 N–H and O–H groups in total. The van der Waals surface area contributed by atoms with Gasteiger partial charge in [-0.3, -0.25) is 4.90 Å². The molecular formula is C14H20BrNO2. The number of hydrogen-bond acceptors (Lipinski definition) is 3. The summed E-state index contributed by atoms with van der Waals surface area (Å²) in [5.41, 5.74) is 1.31. The average Bonchev–Trinajstić information content (AvgIpc) is 2.39. The molecule has 0 bridgehead atoms. The second kappa shape index (κ2) is 6.55. The van der Waals surface area contributed by atoms with Gasteiger partial charge in [-0.1, -0.05) is 13.0 Å². The third-order valence-corrected chi connectivity index (χ3v) is 4.04. The maximum Gasteiger partial charge on any atom is 0.133 e. The summed E-state index contributed by atoms with van der Waals surface area (Å²) in [5.74, 6) is 0.882. The summed E-state index contributed by atoms with van der Waals surface area (Å²) in [5, 5.41) is 0. The van der Waals surface area contributed by atoms with E-state index in [1.54, 1.807) is 7.11 Å². The number of rotatable bonds is 4. The molecule has 0 amide bonds. The molecule has 2 rings (SSSR count). The molecule has 1 aromatic carbocycles. The standard InChI is InChI=1S/C14H20BrNO2/c1-3-12-10-18-7-6-16(12)9-11-4-5-14(17-2)13(15)8-11/h4-5,8,12H,3,6-7,9-10H2,1-2H3. The largest absolute Gasteiger partial charge is 0.496 e. The van der Waals surface area contributed by atoms with E-state index in [0.29, 0.717) is 6.04 Å². The first-order valence-corrected chi connectivity index (χ1v) is 7.18. The summed E-state index contributed by atoms with van der Waals surface area (Å²) in [6.07, 6.45) is 1.14. The Morgan fingerprint density at radius 3 is 3.00 bits per heavy atom. The zero-order valence-corrected chi connectivity index (χ0v) is 12.6. The zero-order valence-electron chi connectivity index (χ0n) is 11.0. The molecule has 1 fully saturated rings. The highest BCUT2D eigenvalue weighted by molar-refractivity contribution is 9.10. The number of morpholine rings is 1. The Kier molecular flexibility index (Phi) is 5.03. The van der Waals surface area contributed by atoms with Crippen molar-refractivity contribution in [1.82, 2.24) is 4.90 Å². The molecule has 0 aromatic heterocycles. The average molecular weight is 314 g/mol. The Balaban J connectivity index is 2.05. The van der Waals surface area contributed by atoms with Gasteiger partial charge in [-0.05, 0) is 40.0 Å². The van der Waals surface area contributed by atoms with E-state index in [9.17, 15) is 0 Å². The van der Waals surface area contributed by atoms with Crippen molar-refractivity contribution < 1.29 is 9.47 Å². The van der Waals surface area contributed by atoms with Crippen molar-refractivity contribution in [2.75, 3.05) is 26.9 Å². The minimum absolute atomic E-state index is 0.541. The summed E-state index contributed by atoms with van der Waals surface area (Å²) < 4.78 is 11.8. The molecule has 1 aliphatic heterocycles. The van der Waals surface area contributed by atoms with E-state index >= 15 is 0 Å². The lowest BCUT2D eigenvalue weighted by molar-refractivity contribution is -0.0127. The van der Waals surface area contributed by atoms with Crippen molar-refractivity contribution in [3.8, 4) is 5.75 Å². The molecule has 1 atom stereocenters. The van der Waals surface area contributed by atoms with E-state index in [-0.39, 0.29) is 0 Å². The van der Waals surface area contributed by atoms with Gasteiger partial charge in [0, 0.05) is 19.1 Å². The molecule has 0 aliphatic carbocycles. The van der Waals surface area contributed by atoms with Crippen LogP contribution in [0.15, 0.2) is 22.7 Å². The Morgan fingerprint density at radius 2 is 2.33 bits per heavy atom. The quantitative estimate of drug-likeness (QED) is 0.852. The van der Waals surface area contributed by atoms with Crippen LogP contribution in [-0.2, 0) is 11.3 Å². The van der Waals surface area contributed by atoms with Gasteiger partial charge in [0.2, 0.25) is 0 Å². The van der Waals surface area contributed by atoms with Crippen LogP contribution in [0, 0.1) is 0 Å². The van der Waals surface area contributed by atoms with Crippen LogP contribution in [0.25, 0.3) is 0 Å². The molecule has 3 nitrogen and oxygen atoms in total. The van der Waals surface area contributed by atoms with Gasteiger partial charge in [0.25, 0.3) is 0 Å². The lowest BCUT2D eigenvalue weighted by Gasteiger charge is -2.35. The molecule has 0 saturated carbocycles. The van der Waals surface area contributed by atoms with Gasteiger partial charge in [0.15, 0.2) is 0 Å². The number of nitrogens with zero attached hydrogens (tertiary/aromatic N) is 1. The predicted octanol–water partition coefficient (Wildman–Crippen LogP) is 3.07. The van der Waals surface area contributed by atoms with Crippen LogP contribution in [0.5, 0.6) is 5.75 Å². The second-order valence-electron chi connectivity index (χ2n) is 4.58. The minimum atomic E-state index is 0.541. The van der Waals surface area contributed by atoms with Gasteiger partial charge in [0.1, 0.15) is 5.75 Å². The van der Waals surface area contributed by atoms with Crippen LogP contribution in [0.1, 0.15) is 18.9 Å². The fourth-order valence-electron chi connectivity index (χ4n) is 2.32. The molecule has 100 valence electrons. The maximum absolute atomic E-state index is 5.53. The lowest BCUT2D eigenvalue weighted by Crippen LogP contribution is -2.44. The van der Waals surface area contributed by atoms with Crippen LogP contribution in [0.2, 0.25) is 0 Å². The van der Waals surface area contributed by atoms with Crippen molar-refractivity contribution in [3.05, 3.63) is 28.2 Å². The summed E-state index contributed by atoms with van der Waals surface area (Å²) >= 11 is 3.54. The monoisotopic (exact) mass is 313 g/mol. The summed E-state index contributed by atoms with van der Waals surface area (Å²) in [6, 6.07) is 6.83. The molecule has 1 heterocycles. The Bertz CT molecular complexity index is 397. The van der Waals surface area contributed by atoms with Gasteiger partial charge in [-0.2, -0.15) is 0 Å². The van der Waals surface area contributed by atoms with E-state index in [1.165, 1.54) is 5.56 Å². The fraction of sp³-hybridized carbons (Fsp3) is 0.571. The number of hydrogen-bond donors (Lipinski definition) is 0. The van der Waals surface area contributed by atoms with E-state index < -0.39 is 0 Å². The number of halogens is 1. The predicted molar refractivity (Wildman–Crippen MR) is 76.0 cm³/mol. The summed E-state index contributed by atoms with van der Waals surface area (Å²) in [6.45, 7) is 5.91. The molecule has 0 radical (unpaired) electrons. The second-order valence-corrected chi connectivity index (χ2v) is 5.43. The van der Waals surface area contributed by atoms with Gasteiger partial charge in [-0.15, -0.1) is 0 Å². The maximum atomic E-state index is 5.53. The minimum Gasteiger partial charge on any atom is -0.496 e. The SMILES string of the molecule is CCC1COCCN1Cc1ccc(OC)c(Br)c1. The topological polar surface area (TPSA) is 21.7 Å². The van der Waals surface area contributed by atoms with E-state index in [4.69, 9.17) is 9.47 Å². The molecule has 18 heavy (non-hydrogen) atoms. The third kappa shape index (κ3) is 3.25. The smallest absolute Gasteiger partial charge is 0.133 e. The van der Waals surface area contributed by atoms with Crippen molar-refractivity contribution >= 4 is 15.9 Å². The molecule has 0 spiro atoms. The normalized spacial score (nSPS) is 20.9. The van der Waals surface area contributed by atoms with E-state index in [0.717, 1.165) is 42.9 Å². The Morgan fingerprint density at radius 1 is 1.50 bits per heavy atom. The molecule has 1 saturated heterocycles.